The zero-order valence-electron chi connectivity index (χ0n) is 26.8. The number of nitrogens with zero attached hydrogens (tertiary/aromatic N) is 8. The Labute approximate surface area is 256 Å². The van der Waals surface area contributed by atoms with Gasteiger partial charge >= 0.3 is 0 Å². The molecular formula is C33H50N8O2. The Hall–Kier alpha value is -3.11. The highest BCUT2D eigenvalue weighted by Crippen LogP contribution is 2.32. The maximum absolute atomic E-state index is 13.5. The molecule has 1 amide bonds. The van der Waals surface area contributed by atoms with Crippen LogP contribution in [0.25, 0.3) is 11.0 Å². The van der Waals surface area contributed by atoms with Crippen LogP contribution in [0.4, 0.5) is 5.82 Å². The van der Waals surface area contributed by atoms with Crippen LogP contribution in [0.15, 0.2) is 30.7 Å². The lowest BCUT2D eigenvalue weighted by molar-refractivity contribution is -0.137. The molecule has 0 radical (unpaired) electrons. The highest BCUT2D eigenvalue weighted by molar-refractivity contribution is 5.87. The van der Waals surface area contributed by atoms with Gasteiger partial charge in [-0.15, -0.1) is 0 Å². The number of methoxy groups -OCH3 is 1. The topological polar surface area (TPSA) is 92.5 Å². The number of anilines is 1. The summed E-state index contributed by atoms with van der Waals surface area (Å²) in [4.78, 5) is 34.4. The van der Waals surface area contributed by atoms with Crippen molar-refractivity contribution in [3.63, 3.8) is 0 Å². The Kier molecular flexibility index (Phi) is 10.3. The van der Waals surface area contributed by atoms with E-state index in [2.05, 4.69) is 69.6 Å². The van der Waals surface area contributed by atoms with Crippen molar-refractivity contribution in [1.29, 1.82) is 0 Å². The molecule has 0 atom stereocenters. The first kappa shape index (κ1) is 31.3. The molecule has 0 unspecified atom stereocenters. The molecule has 1 saturated carbocycles. The van der Waals surface area contributed by atoms with Crippen molar-refractivity contribution in [2.24, 2.45) is 11.8 Å². The molecule has 43 heavy (non-hydrogen) atoms. The maximum Gasteiger partial charge on any atom is 0.225 e. The van der Waals surface area contributed by atoms with Crippen LogP contribution in [0.3, 0.4) is 0 Å². The van der Waals surface area contributed by atoms with Crippen LogP contribution in [-0.2, 0) is 22.5 Å². The van der Waals surface area contributed by atoms with Crippen LogP contribution in [0.5, 0.6) is 0 Å². The molecular weight excluding hydrogens is 540 g/mol. The fraction of sp³-hybridized carbons (Fsp3) is 0.667. The van der Waals surface area contributed by atoms with Gasteiger partial charge in [0.05, 0.1) is 30.4 Å². The number of hydrogen-bond donors (Lipinski definition) is 0. The zero-order chi connectivity index (χ0) is 30.4. The minimum atomic E-state index is 0.121. The molecule has 1 aliphatic carbocycles. The van der Waals surface area contributed by atoms with Gasteiger partial charge in [0.25, 0.3) is 0 Å². The van der Waals surface area contributed by atoms with E-state index in [9.17, 15) is 4.79 Å². The van der Waals surface area contributed by atoms with Crippen molar-refractivity contribution >= 4 is 22.8 Å². The molecule has 0 spiro atoms. The zero-order valence-corrected chi connectivity index (χ0v) is 26.8. The summed E-state index contributed by atoms with van der Waals surface area (Å²) in [6.07, 6.45) is 9.77. The summed E-state index contributed by atoms with van der Waals surface area (Å²) < 4.78 is 7.26. The van der Waals surface area contributed by atoms with E-state index in [0.29, 0.717) is 18.4 Å². The van der Waals surface area contributed by atoms with Gasteiger partial charge in [-0.05, 0) is 70.9 Å². The van der Waals surface area contributed by atoms with Crippen LogP contribution in [-0.4, -0.2) is 99.0 Å². The van der Waals surface area contributed by atoms with E-state index in [1.165, 1.54) is 0 Å². The second-order valence-corrected chi connectivity index (χ2v) is 13.2. The lowest BCUT2D eigenvalue weighted by Gasteiger charge is -2.41. The molecule has 5 rings (SSSR count). The third-order valence-electron chi connectivity index (χ3n) is 9.17. The van der Waals surface area contributed by atoms with Crippen LogP contribution in [0.1, 0.15) is 71.2 Å². The Morgan fingerprint density at radius 3 is 2.49 bits per heavy atom. The van der Waals surface area contributed by atoms with E-state index in [1.807, 2.05) is 16.9 Å². The Morgan fingerprint density at radius 1 is 1.05 bits per heavy atom. The van der Waals surface area contributed by atoms with Gasteiger partial charge in [0.15, 0.2) is 5.65 Å². The van der Waals surface area contributed by atoms with Gasteiger partial charge in [-0.2, -0.15) is 5.10 Å². The van der Waals surface area contributed by atoms with E-state index in [1.54, 1.807) is 13.4 Å². The number of rotatable bonds is 11. The quantitative estimate of drug-likeness (QED) is 0.324. The highest BCUT2D eigenvalue weighted by atomic mass is 16.5. The minimum absolute atomic E-state index is 0.121. The first-order valence-electron chi connectivity index (χ1n) is 16.2. The largest absolute Gasteiger partial charge is 0.383 e. The minimum Gasteiger partial charge on any atom is -0.383 e. The summed E-state index contributed by atoms with van der Waals surface area (Å²) in [6, 6.07) is 6.19. The molecule has 1 saturated heterocycles. The number of piperazine rings is 1. The third-order valence-corrected chi connectivity index (χ3v) is 9.17. The maximum atomic E-state index is 13.5. The Bertz CT molecular complexity index is 1340. The third kappa shape index (κ3) is 7.70. The number of amides is 1. The van der Waals surface area contributed by atoms with Gasteiger partial charge in [0.2, 0.25) is 5.91 Å². The highest BCUT2D eigenvalue weighted by Gasteiger charge is 2.33. The molecule has 10 heteroatoms. The van der Waals surface area contributed by atoms with Gasteiger partial charge in [-0.3, -0.25) is 14.7 Å². The summed E-state index contributed by atoms with van der Waals surface area (Å²) in [5.74, 6) is 2.03. The second-order valence-electron chi connectivity index (χ2n) is 13.2. The molecule has 3 aromatic rings. The Balaban J connectivity index is 1.15. The number of carbonyl (C=O) groups excluding carboxylic acids is 1. The number of fused-ring (bicyclic) bond motifs is 1. The van der Waals surface area contributed by atoms with Crippen molar-refractivity contribution in [3.8, 4) is 0 Å². The molecule has 10 nitrogen and oxygen atoms in total. The number of aryl methyl sites for hydroxylation is 1. The summed E-state index contributed by atoms with van der Waals surface area (Å²) in [6.45, 7) is 15.3. The predicted molar refractivity (Wildman–Crippen MR) is 170 cm³/mol. The van der Waals surface area contributed by atoms with Crippen molar-refractivity contribution in [3.05, 3.63) is 42.1 Å². The number of pyridine rings is 1. The van der Waals surface area contributed by atoms with Gasteiger partial charge in [0.1, 0.15) is 12.1 Å². The molecule has 2 aliphatic rings. The van der Waals surface area contributed by atoms with E-state index >= 15 is 0 Å². The smallest absolute Gasteiger partial charge is 0.225 e. The molecule has 4 heterocycles. The number of ether oxygens (including phenoxy) is 1. The van der Waals surface area contributed by atoms with Crippen molar-refractivity contribution in [2.45, 2.75) is 78.3 Å². The number of hydrogen-bond acceptors (Lipinski definition) is 8. The fourth-order valence-corrected chi connectivity index (χ4v) is 6.62. The standard InChI is InChI=1S/C33H50N8O2/c1-6-8-27-9-7-10-28(37-27)23-41-31-29(21-36-41)30(34-24-35-31)38-15-17-39(18-16-38)32(42)26-13-11-25(12-14-26)22-40(19-20-43-5)33(2,3)4/h7,9-10,21,24-26H,6,8,11-20,22-23H2,1-5H3/t25-,26-. The molecule has 234 valence electrons. The van der Waals surface area contributed by atoms with Gasteiger partial charge in [-0.1, -0.05) is 19.4 Å². The first-order chi connectivity index (χ1) is 20.8. The average Bonchev–Trinajstić information content (AvgIpc) is 3.42. The van der Waals surface area contributed by atoms with Crippen molar-refractivity contribution in [1.82, 2.24) is 34.5 Å². The van der Waals surface area contributed by atoms with Crippen LogP contribution < -0.4 is 4.90 Å². The van der Waals surface area contributed by atoms with Gasteiger partial charge in [-0.25, -0.2) is 14.6 Å². The van der Waals surface area contributed by atoms with Gasteiger partial charge < -0.3 is 14.5 Å². The molecule has 0 bridgehead atoms. The monoisotopic (exact) mass is 590 g/mol. The van der Waals surface area contributed by atoms with Crippen LogP contribution >= 0.6 is 0 Å². The van der Waals surface area contributed by atoms with E-state index in [4.69, 9.17) is 9.72 Å². The summed E-state index contributed by atoms with van der Waals surface area (Å²) >= 11 is 0. The van der Waals surface area contributed by atoms with Crippen molar-refractivity contribution < 1.29 is 9.53 Å². The Morgan fingerprint density at radius 2 is 1.79 bits per heavy atom. The van der Waals surface area contributed by atoms with Crippen LogP contribution in [0, 0.1) is 11.8 Å². The molecule has 2 fully saturated rings. The summed E-state index contributed by atoms with van der Waals surface area (Å²) in [5.41, 5.74) is 3.03. The predicted octanol–water partition coefficient (Wildman–Crippen LogP) is 4.42. The number of carbonyl (C=O) groups is 1. The fourth-order valence-electron chi connectivity index (χ4n) is 6.62. The van der Waals surface area contributed by atoms with Crippen LogP contribution in [0.2, 0.25) is 0 Å². The molecule has 0 aromatic carbocycles. The lowest BCUT2D eigenvalue weighted by Crippen LogP contribution is -2.51. The number of aromatic nitrogens is 5. The van der Waals surface area contributed by atoms with Crippen molar-refractivity contribution in [2.75, 3.05) is 57.9 Å². The van der Waals surface area contributed by atoms with E-state index in [-0.39, 0.29) is 11.5 Å². The summed E-state index contributed by atoms with van der Waals surface area (Å²) in [7, 11) is 1.77. The lowest BCUT2D eigenvalue weighted by atomic mass is 9.80. The molecule has 3 aromatic heterocycles. The van der Waals surface area contributed by atoms with E-state index < -0.39 is 0 Å². The molecule has 1 aliphatic heterocycles. The second kappa shape index (κ2) is 14.1. The summed E-state index contributed by atoms with van der Waals surface area (Å²) in [5, 5.41) is 5.60. The van der Waals surface area contributed by atoms with E-state index in [0.717, 1.165) is 113 Å². The SMILES string of the molecule is CCCc1cccc(Cn2ncc3c(N4CCN(C(=O)[C@H]5CC[C@H](CN(CCOC)C(C)(C)C)CC5)CC4)ncnc32)n1. The van der Waals surface area contributed by atoms with Gasteiger partial charge in [0, 0.05) is 63.5 Å². The first-order valence-corrected chi connectivity index (χ1v) is 16.2. The normalized spacial score (nSPS) is 19.9. The molecule has 0 N–H and O–H groups in total. The average molecular weight is 591 g/mol.